The Hall–Kier alpha value is -0.660. The van der Waals surface area contributed by atoms with Crippen molar-refractivity contribution in [1.82, 2.24) is 0 Å². The largest absolute Gasteiger partial charge is 0.467 e. The Bertz CT molecular complexity index is 284. The smallest absolute Gasteiger partial charge is 0.336 e. The molecule has 7 heteroatoms. The number of hydrogen-bond acceptors (Lipinski definition) is 5. The Morgan fingerprint density at radius 3 is 2.21 bits per heavy atom. The summed E-state index contributed by atoms with van der Waals surface area (Å²) in [6, 6.07) is 0. The maximum atomic E-state index is 11.1. The summed E-state index contributed by atoms with van der Waals surface area (Å²) in [5, 5.41) is 4.65. The number of hydrogen-bond donors (Lipinski definition) is 1. The van der Waals surface area contributed by atoms with E-state index < -0.39 is 22.4 Å². The molecule has 0 aliphatic carbocycles. The summed E-state index contributed by atoms with van der Waals surface area (Å²) in [5.41, 5.74) is 0. The summed E-state index contributed by atoms with van der Waals surface area (Å²) in [6.45, 7) is 3.64. The molecule has 0 aromatic heterocycles. The normalized spacial score (nSPS) is 14.1. The van der Waals surface area contributed by atoms with E-state index in [1.165, 1.54) is 0 Å². The summed E-state index contributed by atoms with van der Waals surface area (Å²) in [5.74, 6) is -0.645. The number of carbonyl (C=O) groups is 1. The third kappa shape index (κ3) is 5.90. The molecule has 0 aromatic rings. The molecule has 0 spiro atoms. The first-order valence-electron chi connectivity index (χ1n) is 4.05. The van der Waals surface area contributed by atoms with E-state index in [4.69, 9.17) is 0 Å². The van der Waals surface area contributed by atoms with Gasteiger partial charge >= 0.3 is 16.3 Å². The highest BCUT2D eigenvalue weighted by Gasteiger charge is 2.25. The lowest BCUT2D eigenvalue weighted by molar-refractivity contribution is -0.149. The van der Waals surface area contributed by atoms with Gasteiger partial charge in [-0.3, -0.25) is 0 Å². The van der Waals surface area contributed by atoms with E-state index in [0.29, 0.717) is 0 Å². The molecule has 0 heterocycles. The van der Waals surface area contributed by atoms with Crippen LogP contribution in [0.4, 0.5) is 0 Å². The van der Waals surface area contributed by atoms with Gasteiger partial charge in [0.15, 0.2) is 6.10 Å². The van der Waals surface area contributed by atoms with E-state index in [-0.39, 0.29) is 12.3 Å². The molecule has 6 nitrogen and oxygen atoms in total. The second kappa shape index (κ2) is 5.28. The van der Waals surface area contributed by atoms with Gasteiger partial charge in [-0.25, -0.2) is 14.1 Å². The van der Waals surface area contributed by atoms with Crippen LogP contribution in [-0.4, -0.2) is 27.6 Å². The van der Waals surface area contributed by atoms with Crippen LogP contribution in [0.5, 0.6) is 0 Å². The van der Waals surface area contributed by atoms with Crippen LogP contribution in [0.3, 0.4) is 0 Å². The van der Waals surface area contributed by atoms with Crippen LogP contribution in [-0.2, 0) is 24.0 Å². The maximum absolute atomic E-state index is 11.1. The maximum Gasteiger partial charge on any atom is 0.336 e. The second-order valence-electron chi connectivity index (χ2n) is 3.23. The number of nitrogens with two attached hydrogens (primary N) is 1. The Balaban J connectivity index is 4.48. The lowest BCUT2D eigenvalue weighted by Gasteiger charge is -2.15. The van der Waals surface area contributed by atoms with E-state index in [0.717, 1.165) is 7.11 Å². The topological polar surface area (TPSA) is 95.7 Å². The summed E-state index contributed by atoms with van der Waals surface area (Å²) in [7, 11) is -2.97. The predicted molar refractivity (Wildman–Crippen MR) is 49.5 cm³/mol. The standard InChI is InChI=1S/C7H15NO5S/c1-5(2)4-6(7(9)12-3)13-14(8,10)11/h5-6H,4H2,1-3H3,(H2,8,10,11). The van der Waals surface area contributed by atoms with E-state index in [2.05, 4.69) is 14.1 Å². The number of rotatable bonds is 5. The molecule has 0 amide bonds. The van der Waals surface area contributed by atoms with Crippen molar-refractivity contribution in [3.63, 3.8) is 0 Å². The minimum Gasteiger partial charge on any atom is -0.467 e. The number of carbonyl (C=O) groups excluding carboxylic acids is 1. The summed E-state index contributed by atoms with van der Waals surface area (Å²) in [4.78, 5) is 11.1. The minimum atomic E-state index is -4.12. The summed E-state index contributed by atoms with van der Waals surface area (Å²) in [6.07, 6.45) is -0.918. The van der Waals surface area contributed by atoms with Crippen molar-refractivity contribution in [2.24, 2.45) is 11.1 Å². The number of ether oxygens (including phenoxy) is 1. The van der Waals surface area contributed by atoms with Crippen molar-refractivity contribution in [1.29, 1.82) is 0 Å². The first kappa shape index (κ1) is 13.3. The van der Waals surface area contributed by atoms with E-state index >= 15 is 0 Å². The van der Waals surface area contributed by atoms with Crippen molar-refractivity contribution in [3.05, 3.63) is 0 Å². The molecule has 0 rings (SSSR count). The molecule has 0 aliphatic heterocycles. The molecule has 1 atom stereocenters. The molecule has 14 heavy (non-hydrogen) atoms. The fourth-order valence-corrected chi connectivity index (χ4v) is 1.38. The zero-order chi connectivity index (χ0) is 11.4. The fraction of sp³-hybridized carbons (Fsp3) is 0.857. The van der Waals surface area contributed by atoms with Crippen LogP contribution in [0.2, 0.25) is 0 Å². The van der Waals surface area contributed by atoms with Gasteiger partial charge in [0.2, 0.25) is 0 Å². The van der Waals surface area contributed by atoms with Gasteiger partial charge in [-0.15, -0.1) is 0 Å². The SMILES string of the molecule is COC(=O)C(CC(C)C)OS(N)(=O)=O. The average Bonchev–Trinajstić information content (AvgIpc) is 1.98. The van der Waals surface area contributed by atoms with E-state index in [1.54, 1.807) is 0 Å². The zero-order valence-corrected chi connectivity index (χ0v) is 9.21. The third-order valence-electron chi connectivity index (χ3n) is 1.40. The van der Waals surface area contributed by atoms with Gasteiger partial charge in [0, 0.05) is 0 Å². The quantitative estimate of drug-likeness (QED) is 0.653. The molecule has 0 saturated heterocycles. The predicted octanol–water partition coefficient (Wildman–Crippen LogP) is -0.206. The van der Waals surface area contributed by atoms with Crippen LogP contribution in [0.1, 0.15) is 20.3 Å². The van der Waals surface area contributed by atoms with Gasteiger partial charge < -0.3 is 4.74 Å². The molecule has 1 unspecified atom stereocenters. The molecular formula is C7H15NO5S. The summed E-state index contributed by atoms with van der Waals surface area (Å²) < 4.78 is 29.9. The molecule has 0 bridgehead atoms. The van der Waals surface area contributed by atoms with Gasteiger partial charge in [0.25, 0.3) is 0 Å². The highest BCUT2D eigenvalue weighted by molar-refractivity contribution is 7.84. The Morgan fingerprint density at radius 2 is 1.93 bits per heavy atom. The van der Waals surface area contributed by atoms with Crippen LogP contribution in [0.25, 0.3) is 0 Å². The molecule has 2 N–H and O–H groups in total. The Morgan fingerprint density at radius 1 is 1.43 bits per heavy atom. The van der Waals surface area contributed by atoms with Crippen LogP contribution < -0.4 is 5.14 Å². The number of methoxy groups -OCH3 is 1. The molecule has 0 radical (unpaired) electrons. The fourth-order valence-electron chi connectivity index (χ4n) is 0.896. The molecule has 0 aromatic carbocycles. The first-order valence-corrected chi connectivity index (χ1v) is 5.52. The molecule has 0 saturated carbocycles. The Kier molecular flexibility index (Phi) is 5.03. The van der Waals surface area contributed by atoms with Crippen molar-refractivity contribution in [2.75, 3.05) is 7.11 Å². The van der Waals surface area contributed by atoms with Crippen molar-refractivity contribution >= 4 is 16.3 Å². The lowest BCUT2D eigenvalue weighted by atomic mass is 10.1. The third-order valence-corrected chi connectivity index (χ3v) is 1.90. The molecular weight excluding hydrogens is 210 g/mol. The molecule has 0 aliphatic rings. The number of esters is 1. The van der Waals surface area contributed by atoms with E-state index in [9.17, 15) is 13.2 Å². The zero-order valence-electron chi connectivity index (χ0n) is 8.39. The van der Waals surface area contributed by atoms with E-state index in [1.807, 2.05) is 13.8 Å². The molecule has 0 fully saturated rings. The average molecular weight is 225 g/mol. The van der Waals surface area contributed by atoms with Gasteiger partial charge in [0.1, 0.15) is 0 Å². The van der Waals surface area contributed by atoms with Gasteiger partial charge in [-0.1, -0.05) is 13.8 Å². The second-order valence-corrected chi connectivity index (χ2v) is 4.41. The van der Waals surface area contributed by atoms with Crippen LogP contribution in [0.15, 0.2) is 0 Å². The van der Waals surface area contributed by atoms with Crippen LogP contribution in [0, 0.1) is 5.92 Å². The van der Waals surface area contributed by atoms with Crippen LogP contribution >= 0.6 is 0 Å². The van der Waals surface area contributed by atoms with Gasteiger partial charge in [-0.2, -0.15) is 8.42 Å². The summed E-state index contributed by atoms with van der Waals surface area (Å²) >= 11 is 0. The van der Waals surface area contributed by atoms with Crippen molar-refractivity contribution in [2.45, 2.75) is 26.4 Å². The monoisotopic (exact) mass is 225 g/mol. The molecule has 84 valence electrons. The van der Waals surface area contributed by atoms with Gasteiger partial charge in [-0.05, 0) is 12.3 Å². The van der Waals surface area contributed by atoms with Gasteiger partial charge in [0.05, 0.1) is 7.11 Å². The van der Waals surface area contributed by atoms with Crippen molar-refractivity contribution < 1.29 is 22.1 Å². The minimum absolute atomic E-state index is 0.0980. The lowest BCUT2D eigenvalue weighted by Crippen LogP contribution is -2.32. The first-order chi connectivity index (χ1) is 6.26. The highest BCUT2D eigenvalue weighted by Crippen LogP contribution is 2.11. The Labute approximate surface area is 83.6 Å². The highest BCUT2D eigenvalue weighted by atomic mass is 32.2. The van der Waals surface area contributed by atoms with Crippen molar-refractivity contribution in [3.8, 4) is 0 Å².